The summed E-state index contributed by atoms with van der Waals surface area (Å²) < 4.78 is 0. The summed E-state index contributed by atoms with van der Waals surface area (Å²) in [6.07, 6.45) is 6.40. The predicted molar refractivity (Wildman–Crippen MR) is 62.6 cm³/mol. The highest BCUT2D eigenvalue weighted by atomic mass is 79.9. The molecule has 0 radical (unpaired) electrons. The van der Waals surface area contributed by atoms with E-state index in [1.807, 2.05) is 0 Å². The molecular formula is C11H20BrNO. The van der Waals surface area contributed by atoms with E-state index in [0.717, 1.165) is 24.1 Å². The quantitative estimate of drug-likeness (QED) is 0.599. The van der Waals surface area contributed by atoms with Gasteiger partial charge in [-0.15, -0.1) is 0 Å². The summed E-state index contributed by atoms with van der Waals surface area (Å²) in [6, 6.07) is 0.460. The molecule has 1 aliphatic carbocycles. The average Bonchev–Trinajstić information content (AvgIpc) is 2.52. The van der Waals surface area contributed by atoms with Crippen LogP contribution in [0, 0.1) is 5.92 Å². The molecular weight excluding hydrogens is 242 g/mol. The molecule has 0 saturated heterocycles. The molecule has 0 aromatic carbocycles. The number of alkyl halides is 1. The first kappa shape index (κ1) is 12.0. The van der Waals surface area contributed by atoms with Crippen molar-refractivity contribution in [2.45, 2.75) is 51.5 Å². The fourth-order valence-electron chi connectivity index (χ4n) is 2.02. The molecule has 0 bridgehead atoms. The topological polar surface area (TPSA) is 29.1 Å². The Labute approximate surface area is 95.0 Å². The summed E-state index contributed by atoms with van der Waals surface area (Å²) >= 11 is 3.36. The molecule has 0 heterocycles. The lowest BCUT2D eigenvalue weighted by Crippen LogP contribution is -2.32. The molecule has 2 nitrogen and oxygen atoms in total. The fourth-order valence-corrected chi connectivity index (χ4v) is 2.41. The van der Waals surface area contributed by atoms with Crippen LogP contribution in [0.1, 0.15) is 45.4 Å². The van der Waals surface area contributed by atoms with E-state index in [9.17, 15) is 4.79 Å². The molecule has 2 atom stereocenters. The highest BCUT2D eigenvalue weighted by Crippen LogP contribution is 2.24. The first-order valence-corrected chi connectivity index (χ1v) is 6.70. The first-order valence-electron chi connectivity index (χ1n) is 5.57. The lowest BCUT2D eigenvalue weighted by Gasteiger charge is -2.11. The summed E-state index contributed by atoms with van der Waals surface area (Å²) in [7, 11) is 0. The Morgan fingerprint density at radius 2 is 2.21 bits per heavy atom. The van der Waals surface area contributed by atoms with E-state index in [1.54, 1.807) is 0 Å². The number of carbonyl (C=O) groups excluding carboxylic acids is 1. The summed E-state index contributed by atoms with van der Waals surface area (Å²) in [5.74, 6) is 1.04. The van der Waals surface area contributed by atoms with Crippen molar-refractivity contribution in [3.8, 4) is 0 Å². The Morgan fingerprint density at radius 3 is 2.79 bits per heavy atom. The van der Waals surface area contributed by atoms with Crippen LogP contribution in [-0.2, 0) is 4.79 Å². The van der Waals surface area contributed by atoms with Gasteiger partial charge in [0, 0.05) is 17.8 Å². The van der Waals surface area contributed by atoms with Crippen LogP contribution >= 0.6 is 15.9 Å². The van der Waals surface area contributed by atoms with Gasteiger partial charge >= 0.3 is 0 Å². The molecule has 82 valence electrons. The van der Waals surface area contributed by atoms with Gasteiger partial charge in [-0.25, -0.2) is 0 Å². The summed E-state index contributed by atoms with van der Waals surface area (Å²) in [6.45, 7) is 2.26. The second-order valence-corrected chi connectivity index (χ2v) is 5.12. The van der Waals surface area contributed by atoms with Crippen LogP contribution in [0.15, 0.2) is 0 Å². The Balaban J connectivity index is 2.08. The molecule has 0 spiro atoms. The van der Waals surface area contributed by atoms with Crippen molar-refractivity contribution < 1.29 is 4.79 Å². The van der Waals surface area contributed by atoms with Crippen LogP contribution < -0.4 is 5.32 Å². The van der Waals surface area contributed by atoms with Crippen molar-refractivity contribution in [2.24, 2.45) is 5.92 Å². The normalized spacial score (nSPS) is 26.4. The molecule has 1 fully saturated rings. The van der Waals surface area contributed by atoms with Crippen LogP contribution in [0.5, 0.6) is 0 Å². The van der Waals surface area contributed by atoms with E-state index in [0.29, 0.717) is 12.5 Å². The van der Waals surface area contributed by atoms with Crippen LogP contribution in [0.25, 0.3) is 0 Å². The van der Waals surface area contributed by atoms with Gasteiger partial charge in [-0.2, -0.15) is 0 Å². The Morgan fingerprint density at radius 1 is 1.43 bits per heavy atom. The van der Waals surface area contributed by atoms with Crippen molar-refractivity contribution in [2.75, 3.05) is 5.33 Å². The third-order valence-corrected chi connectivity index (χ3v) is 3.41. The van der Waals surface area contributed by atoms with Crippen LogP contribution in [0.4, 0.5) is 0 Å². The monoisotopic (exact) mass is 261 g/mol. The van der Waals surface area contributed by atoms with Crippen molar-refractivity contribution in [3.05, 3.63) is 0 Å². The van der Waals surface area contributed by atoms with Crippen molar-refractivity contribution >= 4 is 21.8 Å². The van der Waals surface area contributed by atoms with E-state index in [4.69, 9.17) is 0 Å². The van der Waals surface area contributed by atoms with Crippen molar-refractivity contribution in [3.63, 3.8) is 0 Å². The molecule has 0 aromatic rings. The van der Waals surface area contributed by atoms with Gasteiger partial charge in [-0.3, -0.25) is 4.79 Å². The highest BCUT2D eigenvalue weighted by Gasteiger charge is 2.22. The zero-order valence-electron chi connectivity index (χ0n) is 8.89. The Kier molecular flexibility index (Phi) is 5.53. The van der Waals surface area contributed by atoms with Gasteiger partial charge in [0.05, 0.1) is 0 Å². The number of nitrogens with one attached hydrogen (secondary N) is 1. The lowest BCUT2D eigenvalue weighted by atomic mass is 10.1. The minimum absolute atomic E-state index is 0.241. The maximum absolute atomic E-state index is 11.5. The fraction of sp³-hybridized carbons (Fsp3) is 0.909. The highest BCUT2D eigenvalue weighted by molar-refractivity contribution is 9.09. The van der Waals surface area contributed by atoms with E-state index in [1.165, 1.54) is 19.3 Å². The van der Waals surface area contributed by atoms with Crippen LogP contribution in [-0.4, -0.2) is 17.3 Å². The van der Waals surface area contributed by atoms with E-state index in [-0.39, 0.29) is 5.91 Å². The maximum atomic E-state index is 11.5. The lowest BCUT2D eigenvalue weighted by molar-refractivity contribution is -0.121. The van der Waals surface area contributed by atoms with Gasteiger partial charge in [0.1, 0.15) is 0 Å². The molecule has 14 heavy (non-hydrogen) atoms. The molecule has 1 amide bonds. The maximum Gasteiger partial charge on any atom is 0.220 e. The number of hydrogen-bond acceptors (Lipinski definition) is 1. The average molecular weight is 262 g/mol. The smallest absolute Gasteiger partial charge is 0.220 e. The molecule has 1 aliphatic rings. The second kappa shape index (κ2) is 6.44. The Bertz CT molecular complexity index is 184. The molecule has 0 aliphatic heterocycles. The largest absolute Gasteiger partial charge is 0.353 e. The number of hydrogen-bond donors (Lipinski definition) is 1. The van der Waals surface area contributed by atoms with Gasteiger partial charge in [0.2, 0.25) is 5.91 Å². The third kappa shape index (κ3) is 4.45. The van der Waals surface area contributed by atoms with E-state index < -0.39 is 0 Å². The Hall–Kier alpha value is -0.0500. The molecule has 1 saturated carbocycles. The number of unbranched alkanes of at least 4 members (excludes halogenated alkanes) is 1. The van der Waals surface area contributed by atoms with Crippen LogP contribution in [0.2, 0.25) is 0 Å². The standard InChI is InChI=1S/C11H20BrNO/c1-9-5-6-10(8-9)13-11(14)4-2-3-7-12/h9-10H,2-8H2,1H3,(H,13,14). The van der Waals surface area contributed by atoms with Crippen LogP contribution in [0.3, 0.4) is 0 Å². The van der Waals surface area contributed by atoms with Gasteiger partial charge in [0.25, 0.3) is 0 Å². The molecule has 1 rings (SSSR count). The number of amides is 1. The number of carbonyl (C=O) groups is 1. The zero-order valence-corrected chi connectivity index (χ0v) is 10.5. The molecule has 0 aromatic heterocycles. The van der Waals surface area contributed by atoms with Gasteiger partial charge in [-0.1, -0.05) is 22.9 Å². The molecule has 2 unspecified atom stereocenters. The van der Waals surface area contributed by atoms with E-state index >= 15 is 0 Å². The molecule has 1 N–H and O–H groups in total. The third-order valence-electron chi connectivity index (χ3n) is 2.85. The minimum Gasteiger partial charge on any atom is -0.353 e. The summed E-state index contributed by atoms with van der Waals surface area (Å²) in [4.78, 5) is 11.5. The van der Waals surface area contributed by atoms with Gasteiger partial charge in [-0.05, 0) is 38.0 Å². The van der Waals surface area contributed by atoms with Crippen molar-refractivity contribution in [1.29, 1.82) is 0 Å². The predicted octanol–water partition coefficient (Wildman–Crippen LogP) is 2.86. The van der Waals surface area contributed by atoms with Crippen molar-refractivity contribution in [1.82, 2.24) is 5.32 Å². The summed E-state index contributed by atoms with van der Waals surface area (Å²) in [5.41, 5.74) is 0. The number of rotatable bonds is 5. The van der Waals surface area contributed by atoms with Gasteiger partial charge in [0.15, 0.2) is 0 Å². The van der Waals surface area contributed by atoms with E-state index in [2.05, 4.69) is 28.2 Å². The summed E-state index contributed by atoms with van der Waals surface area (Å²) in [5, 5.41) is 4.11. The SMILES string of the molecule is CC1CCC(NC(=O)CCCCBr)C1. The first-order chi connectivity index (χ1) is 6.72. The number of halogens is 1. The molecule has 3 heteroatoms. The zero-order chi connectivity index (χ0) is 10.4. The minimum atomic E-state index is 0.241. The second-order valence-electron chi connectivity index (χ2n) is 4.33. The van der Waals surface area contributed by atoms with Gasteiger partial charge < -0.3 is 5.32 Å².